The number of carbonyl (C=O) groups is 1. The van der Waals surface area contributed by atoms with Crippen molar-refractivity contribution in [2.75, 3.05) is 27.1 Å². The molecule has 0 spiro atoms. The van der Waals surface area contributed by atoms with Gasteiger partial charge in [-0.1, -0.05) is 0 Å². The molecular formula is C20H19NO5. The van der Waals surface area contributed by atoms with Crippen LogP contribution in [0.1, 0.15) is 29.7 Å². The minimum absolute atomic E-state index is 0.164. The van der Waals surface area contributed by atoms with E-state index in [0.717, 1.165) is 45.9 Å². The first-order valence-electron chi connectivity index (χ1n) is 8.79. The summed E-state index contributed by atoms with van der Waals surface area (Å²) in [6, 6.07) is 7.95. The Morgan fingerprint density at radius 1 is 1.19 bits per heavy atom. The Morgan fingerprint density at radius 2 is 2.00 bits per heavy atom. The van der Waals surface area contributed by atoms with Crippen molar-refractivity contribution in [1.29, 1.82) is 0 Å². The third-order valence-electron chi connectivity index (χ3n) is 5.31. The van der Waals surface area contributed by atoms with Gasteiger partial charge in [0, 0.05) is 6.54 Å². The number of rotatable bonds is 2. The van der Waals surface area contributed by atoms with Crippen LogP contribution in [0.15, 0.2) is 24.3 Å². The Balaban J connectivity index is 1.73. The Bertz CT molecular complexity index is 923. The van der Waals surface area contributed by atoms with Crippen LogP contribution in [0.5, 0.6) is 17.2 Å². The molecule has 2 heterocycles. The molecule has 3 aliphatic rings. The van der Waals surface area contributed by atoms with Crippen molar-refractivity contribution in [3.05, 3.63) is 41.0 Å². The zero-order valence-corrected chi connectivity index (χ0v) is 14.7. The Kier molecular flexibility index (Phi) is 3.29. The van der Waals surface area contributed by atoms with Crippen molar-refractivity contribution in [3.63, 3.8) is 0 Å². The largest absolute Gasteiger partial charge is 0.497 e. The van der Waals surface area contributed by atoms with Gasteiger partial charge in [-0.2, -0.15) is 0 Å². The third kappa shape index (κ3) is 2.01. The predicted molar refractivity (Wildman–Crippen MR) is 93.8 cm³/mol. The van der Waals surface area contributed by atoms with E-state index in [1.54, 1.807) is 7.11 Å². The summed E-state index contributed by atoms with van der Waals surface area (Å²) in [5.74, 6) is 2.29. The fourth-order valence-electron chi connectivity index (χ4n) is 4.22. The summed E-state index contributed by atoms with van der Waals surface area (Å²) < 4.78 is 21.9. The van der Waals surface area contributed by atoms with Crippen molar-refractivity contribution < 1.29 is 23.7 Å². The summed E-state index contributed by atoms with van der Waals surface area (Å²) in [6.07, 6.45) is 0.491. The fraction of sp³-hybridized carbons (Fsp3) is 0.350. The Hall–Kier alpha value is -2.89. The van der Waals surface area contributed by atoms with Crippen LogP contribution in [0.25, 0.3) is 11.1 Å². The van der Waals surface area contributed by atoms with Crippen molar-refractivity contribution in [1.82, 2.24) is 4.90 Å². The molecule has 2 aromatic carbocycles. The fourth-order valence-corrected chi connectivity index (χ4v) is 4.22. The molecule has 0 N–H and O–H groups in total. The lowest BCUT2D eigenvalue weighted by Crippen LogP contribution is -2.40. The maximum Gasteiger partial charge on any atom is 0.410 e. The highest BCUT2D eigenvalue weighted by molar-refractivity contribution is 5.86. The van der Waals surface area contributed by atoms with Gasteiger partial charge >= 0.3 is 6.09 Å². The molecule has 134 valence electrons. The molecule has 1 unspecified atom stereocenters. The maximum atomic E-state index is 12.6. The van der Waals surface area contributed by atoms with Gasteiger partial charge in [0.05, 0.1) is 19.8 Å². The number of nitrogens with zero attached hydrogens (tertiary/aromatic N) is 1. The number of hydrogen-bond acceptors (Lipinski definition) is 5. The molecule has 1 aliphatic carbocycles. The highest BCUT2D eigenvalue weighted by Crippen LogP contribution is 2.54. The van der Waals surface area contributed by atoms with Crippen LogP contribution < -0.4 is 14.2 Å². The van der Waals surface area contributed by atoms with Crippen molar-refractivity contribution in [2.24, 2.45) is 0 Å². The van der Waals surface area contributed by atoms with Gasteiger partial charge in [-0.05, 0) is 65.4 Å². The summed E-state index contributed by atoms with van der Waals surface area (Å²) >= 11 is 0. The Labute approximate surface area is 151 Å². The maximum absolute atomic E-state index is 12.6. The first-order chi connectivity index (χ1) is 12.7. The number of carbonyl (C=O) groups excluding carboxylic acids is 1. The molecule has 6 heteroatoms. The van der Waals surface area contributed by atoms with Crippen LogP contribution in [0, 0.1) is 0 Å². The van der Waals surface area contributed by atoms with Gasteiger partial charge in [0.1, 0.15) is 5.75 Å². The SMILES string of the molecule is CCOC(=O)N1CCc2cc(OC)cc3c2C1c1cc2c(cc1-3)OCO2. The predicted octanol–water partition coefficient (Wildman–Crippen LogP) is 3.51. The van der Waals surface area contributed by atoms with Crippen LogP contribution >= 0.6 is 0 Å². The molecule has 26 heavy (non-hydrogen) atoms. The lowest BCUT2D eigenvalue weighted by Gasteiger charge is -2.35. The van der Waals surface area contributed by atoms with E-state index in [9.17, 15) is 4.79 Å². The molecule has 2 aliphatic heterocycles. The molecule has 0 saturated carbocycles. The number of fused-ring (bicyclic) bond motifs is 4. The summed E-state index contributed by atoms with van der Waals surface area (Å²) in [5, 5.41) is 0. The van der Waals surface area contributed by atoms with E-state index in [-0.39, 0.29) is 18.9 Å². The normalized spacial score (nSPS) is 18.4. The van der Waals surface area contributed by atoms with Crippen LogP contribution in [-0.4, -0.2) is 38.0 Å². The van der Waals surface area contributed by atoms with Crippen LogP contribution in [0.2, 0.25) is 0 Å². The molecule has 0 saturated heterocycles. The molecule has 5 rings (SSSR count). The molecule has 0 radical (unpaired) electrons. The van der Waals surface area contributed by atoms with E-state index in [0.29, 0.717) is 13.2 Å². The van der Waals surface area contributed by atoms with Gasteiger partial charge in [0.2, 0.25) is 6.79 Å². The molecule has 1 atom stereocenters. The van der Waals surface area contributed by atoms with Gasteiger partial charge < -0.3 is 18.9 Å². The summed E-state index contributed by atoms with van der Waals surface area (Å²) in [5.41, 5.74) is 5.57. The second kappa shape index (κ2) is 5.56. The van der Waals surface area contributed by atoms with E-state index < -0.39 is 0 Å². The zero-order valence-electron chi connectivity index (χ0n) is 14.7. The quantitative estimate of drug-likeness (QED) is 0.827. The third-order valence-corrected chi connectivity index (χ3v) is 5.31. The minimum Gasteiger partial charge on any atom is -0.497 e. The highest BCUT2D eigenvalue weighted by atomic mass is 16.7. The topological polar surface area (TPSA) is 57.2 Å². The van der Waals surface area contributed by atoms with Gasteiger partial charge in [-0.15, -0.1) is 0 Å². The summed E-state index contributed by atoms with van der Waals surface area (Å²) in [6.45, 7) is 3.02. The number of ether oxygens (including phenoxy) is 4. The number of amides is 1. The van der Waals surface area contributed by atoms with Crippen molar-refractivity contribution >= 4 is 6.09 Å². The highest BCUT2D eigenvalue weighted by Gasteiger charge is 2.42. The van der Waals surface area contributed by atoms with Crippen molar-refractivity contribution in [2.45, 2.75) is 19.4 Å². The molecule has 2 aromatic rings. The molecule has 6 nitrogen and oxygen atoms in total. The van der Waals surface area contributed by atoms with E-state index in [1.165, 1.54) is 5.56 Å². The average molecular weight is 353 g/mol. The lowest BCUT2D eigenvalue weighted by atomic mass is 9.91. The van der Waals surface area contributed by atoms with Crippen LogP contribution in [0.4, 0.5) is 4.79 Å². The van der Waals surface area contributed by atoms with Gasteiger partial charge in [-0.25, -0.2) is 4.79 Å². The summed E-state index contributed by atoms with van der Waals surface area (Å²) in [4.78, 5) is 14.4. The lowest BCUT2D eigenvalue weighted by molar-refractivity contribution is 0.0945. The second-order valence-corrected chi connectivity index (χ2v) is 6.59. The number of methoxy groups -OCH3 is 1. The monoisotopic (exact) mass is 353 g/mol. The van der Waals surface area contributed by atoms with E-state index in [4.69, 9.17) is 18.9 Å². The number of benzene rings is 2. The van der Waals surface area contributed by atoms with Crippen LogP contribution in [-0.2, 0) is 11.2 Å². The van der Waals surface area contributed by atoms with Crippen molar-refractivity contribution in [3.8, 4) is 28.4 Å². The first kappa shape index (κ1) is 15.4. The van der Waals surface area contributed by atoms with Gasteiger partial charge in [0.15, 0.2) is 11.5 Å². The molecule has 0 fully saturated rings. The smallest absolute Gasteiger partial charge is 0.410 e. The van der Waals surface area contributed by atoms with E-state index in [1.807, 2.05) is 30.0 Å². The van der Waals surface area contributed by atoms with Crippen LogP contribution in [0.3, 0.4) is 0 Å². The zero-order chi connectivity index (χ0) is 17.8. The van der Waals surface area contributed by atoms with E-state index in [2.05, 4.69) is 6.07 Å². The summed E-state index contributed by atoms with van der Waals surface area (Å²) in [7, 11) is 1.68. The molecular weight excluding hydrogens is 334 g/mol. The second-order valence-electron chi connectivity index (χ2n) is 6.59. The average Bonchev–Trinajstić information content (AvgIpc) is 3.24. The molecule has 0 bridgehead atoms. The minimum atomic E-state index is -0.282. The van der Waals surface area contributed by atoms with Gasteiger partial charge in [0.25, 0.3) is 0 Å². The number of hydrogen-bond donors (Lipinski definition) is 0. The standard InChI is InChI=1S/C20H19NO5/c1-3-24-20(22)21-5-4-11-6-12(23-2)7-14-13-8-16-17(26-10-25-16)9-15(13)19(21)18(11)14/h6-9,19H,3-5,10H2,1-2H3. The Morgan fingerprint density at radius 3 is 2.77 bits per heavy atom. The van der Waals surface area contributed by atoms with Gasteiger partial charge in [-0.3, -0.25) is 4.90 Å². The molecule has 1 amide bonds. The first-order valence-corrected chi connectivity index (χ1v) is 8.79. The molecule has 0 aromatic heterocycles. The van der Waals surface area contributed by atoms with E-state index >= 15 is 0 Å².